The zero-order valence-electron chi connectivity index (χ0n) is 22.4. The zero-order valence-corrected chi connectivity index (χ0v) is 25.1. The van der Waals surface area contributed by atoms with Gasteiger partial charge in [0.25, 0.3) is 0 Å². The van der Waals surface area contributed by atoms with Gasteiger partial charge in [0.05, 0.1) is 37.7 Å². The Balaban J connectivity index is 1.17. The van der Waals surface area contributed by atoms with Gasteiger partial charge in [-0.3, -0.25) is 13.7 Å². The molecule has 3 aliphatic rings. The number of nitrogens with zero attached hydrogens (tertiary/aromatic N) is 7. The van der Waals surface area contributed by atoms with Crippen LogP contribution in [0.1, 0.15) is 12.5 Å². The van der Waals surface area contributed by atoms with Crippen LogP contribution in [0.5, 0.6) is 0 Å². The molecule has 10 atom stereocenters. The number of pyridine rings is 1. The van der Waals surface area contributed by atoms with Crippen LogP contribution in [0.4, 0.5) is 20.3 Å². The minimum Gasteiger partial charge on any atom is -0.397 e. The van der Waals surface area contributed by atoms with Gasteiger partial charge in [0.2, 0.25) is 7.57 Å². The normalized spacial score (nSPS) is 38.2. The molecule has 0 saturated carbocycles. The van der Waals surface area contributed by atoms with Crippen molar-refractivity contribution in [3.05, 3.63) is 31.2 Å². The van der Waals surface area contributed by atoms with Crippen molar-refractivity contribution in [1.82, 2.24) is 34.1 Å². The third-order valence-corrected chi connectivity index (χ3v) is 10.8. The van der Waals surface area contributed by atoms with Gasteiger partial charge < -0.3 is 39.4 Å². The number of hydrogen-bond donors (Lipinski definition) is 3. The van der Waals surface area contributed by atoms with Crippen molar-refractivity contribution in [2.45, 2.75) is 43.1 Å². The molecule has 7 heterocycles. The molecule has 0 aromatic carbocycles. The summed E-state index contributed by atoms with van der Waals surface area (Å²) in [6.45, 7) is -5.25. The van der Waals surface area contributed by atoms with Crippen LogP contribution in [-0.2, 0) is 39.4 Å². The lowest BCUT2D eigenvalue weighted by Crippen LogP contribution is -2.36. The lowest BCUT2D eigenvalue weighted by atomic mass is 10.0. The van der Waals surface area contributed by atoms with Crippen molar-refractivity contribution in [3.8, 4) is 0 Å². The maximum absolute atomic E-state index is 16.1. The molecule has 7 rings (SSSR count). The number of nitrogens with two attached hydrogens (primary N) is 2. The minimum atomic E-state index is -4.19. The van der Waals surface area contributed by atoms with Crippen molar-refractivity contribution >= 4 is 67.2 Å². The van der Waals surface area contributed by atoms with E-state index in [2.05, 4.69) is 24.9 Å². The second-order valence-corrected chi connectivity index (χ2v) is 15.4. The second-order valence-electron chi connectivity index (χ2n) is 10.5. The summed E-state index contributed by atoms with van der Waals surface area (Å²) in [6, 6.07) is 1.54. The van der Waals surface area contributed by atoms with E-state index in [0.717, 1.165) is 0 Å². The molecule has 16 nitrogen and oxygen atoms in total. The quantitative estimate of drug-likeness (QED) is 0.204. The van der Waals surface area contributed by atoms with E-state index in [-0.39, 0.29) is 22.6 Å². The van der Waals surface area contributed by atoms with Gasteiger partial charge in [0, 0.05) is 18.3 Å². The fraction of sp³-hybridized carbons (Fsp3) is 0.500. The number of hydrogen-bond acceptors (Lipinski definition) is 14. The highest BCUT2D eigenvalue weighted by Crippen LogP contribution is 2.54. The lowest BCUT2D eigenvalue weighted by molar-refractivity contribution is -0.0466. The molecular weight excluding hydrogens is 645 g/mol. The topological polar surface area (TPSA) is 210 Å². The van der Waals surface area contributed by atoms with E-state index in [1.54, 1.807) is 0 Å². The molecular formula is C22H24BF2N9O7P2S. The van der Waals surface area contributed by atoms with E-state index in [0.29, 0.717) is 11.2 Å². The molecule has 4 aromatic heterocycles. The van der Waals surface area contributed by atoms with Gasteiger partial charge in [0.15, 0.2) is 41.9 Å². The van der Waals surface area contributed by atoms with Gasteiger partial charge in [0.1, 0.15) is 36.8 Å². The smallest absolute Gasteiger partial charge is 0.325 e. The standard InChI is InChI=1S/C22H24BF2N9O7P2S/c23-42(35)5-9-11(39-21(13(9)24)34-8-32-16-18(27)29-6-30-20(16)34)3-38-43(36,44)41-17-12(4-37-42)40-22(14(17)25)33-7-31-15-10(26)1-2-28-19(15)33/h1-2,6-9,11-14,17,21-22H,3-5H2,(H2,26,28)(H,36,44)(H2,27,29,30)/t9-,11-,12-,13-,14-,17-,21-,22-,42+,43?/m1/s1. The Morgan fingerprint density at radius 1 is 0.955 bits per heavy atom. The summed E-state index contributed by atoms with van der Waals surface area (Å²) in [7, 11) is 2.00. The third-order valence-electron chi connectivity index (χ3n) is 7.75. The molecule has 0 amide bonds. The number of fused-ring (bicyclic) bond motifs is 4. The number of imidazole rings is 2. The first-order chi connectivity index (χ1) is 20.9. The number of alkyl halides is 2. The maximum atomic E-state index is 16.1. The van der Waals surface area contributed by atoms with Crippen molar-refractivity contribution < 1.29 is 41.3 Å². The Morgan fingerprint density at radius 3 is 2.39 bits per heavy atom. The third kappa shape index (κ3) is 5.21. The summed E-state index contributed by atoms with van der Waals surface area (Å²) in [5.74, 6) is -1.07. The molecule has 4 aromatic rings. The highest BCUT2D eigenvalue weighted by atomic mass is 32.5. The molecule has 22 heteroatoms. The number of nitrogen functional groups attached to an aromatic ring is 2. The number of halogens is 2. The summed E-state index contributed by atoms with van der Waals surface area (Å²) in [5, 5.41) is 0. The summed E-state index contributed by atoms with van der Waals surface area (Å²) in [6.07, 6.45) is -5.72. The molecule has 0 bridgehead atoms. The summed E-state index contributed by atoms with van der Waals surface area (Å²) >= 11 is 5.19. The molecule has 2 radical (unpaired) electrons. The monoisotopic (exact) mass is 669 g/mol. The first-order valence-electron chi connectivity index (χ1n) is 13.2. The number of aromatic nitrogens is 7. The number of ether oxygens (including phenoxy) is 2. The number of anilines is 2. The predicted octanol–water partition coefficient (Wildman–Crippen LogP) is 1.53. The van der Waals surface area contributed by atoms with Crippen LogP contribution in [0.25, 0.3) is 22.3 Å². The first kappa shape index (κ1) is 30.0. The largest absolute Gasteiger partial charge is 0.397 e. The Labute approximate surface area is 253 Å². The van der Waals surface area contributed by atoms with E-state index in [4.69, 9.17) is 53.9 Å². The molecule has 3 aliphatic heterocycles. The fourth-order valence-electron chi connectivity index (χ4n) is 5.64. The van der Waals surface area contributed by atoms with E-state index < -0.39 is 82.4 Å². The highest BCUT2D eigenvalue weighted by molar-refractivity contribution is 8.07. The molecule has 232 valence electrons. The van der Waals surface area contributed by atoms with E-state index in [9.17, 15) is 9.46 Å². The Morgan fingerprint density at radius 2 is 1.61 bits per heavy atom. The van der Waals surface area contributed by atoms with Crippen LogP contribution in [0.2, 0.25) is 0 Å². The van der Waals surface area contributed by atoms with Crippen molar-refractivity contribution in [2.75, 3.05) is 30.8 Å². The van der Waals surface area contributed by atoms with Gasteiger partial charge in [-0.05, 0) is 17.9 Å². The van der Waals surface area contributed by atoms with E-state index in [1.807, 2.05) is 0 Å². The van der Waals surface area contributed by atoms with Crippen LogP contribution in [0.3, 0.4) is 0 Å². The van der Waals surface area contributed by atoms with Crippen LogP contribution >= 0.6 is 14.0 Å². The minimum absolute atomic E-state index is 0.0813. The van der Waals surface area contributed by atoms with Crippen molar-refractivity contribution in [1.29, 1.82) is 0 Å². The zero-order chi connectivity index (χ0) is 31.0. The molecule has 5 N–H and O–H groups in total. The summed E-state index contributed by atoms with van der Waals surface area (Å²) in [4.78, 5) is 31.5. The van der Waals surface area contributed by atoms with Gasteiger partial charge in [-0.15, -0.1) is 0 Å². The van der Waals surface area contributed by atoms with Crippen molar-refractivity contribution in [2.24, 2.45) is 5.92 Å². The average Bonchev–Trinajstić information content (AvgIpc) is 3.73. The maximum Gasteiger partial charge on any atom is 0.325 e. The van der Waals surface area contributed by atoms with Gasteiger partial charge in [-0.1, -0.05) is 0 Å². The molecule has 1 unspecified atom stereocenters. The Hall–Kier alpha value is -2.67. The second kappa shape index (κ2) is 11.0. The Bertz CT molecular complexity index is 1710. The van der Waals surface area contributed by atoms with Gasteiger partial charge in [-0.2, -0.15) is 0 Å². The molecule has 3 fully saturated rings. The highest BCUT2D eigenvalue weighted by Gasteiger charge is 2.53. The van der Waals surface area contributed by atoms with Crippen LogP contribution in [0, 0.1) is 5.92 Å². The molecule has 0 spiro atoms. The number of rotatable bonds is 2. The summed E-state index contributed by atoms with van der Waals surface area (Å²) in [5.41, 5.74) is 13.1. The molecule has 3 saturated heterocycles. The SMILES string of the molecule is [B][P@]1(=O)C[C@H]2[C@@H](F)[C@H](n3cnc4c(N)ncnc43)O[C@@H]2COP(O)(=S)O[C@H]2[C@@H](F)[C@H](n3cnc4c(N)ccnc43)O[C@@H]2CO1. The molecule has 0 aliphatic carbocycles. The van der Waals surface area contributed by atoms with Crippen LogP contribution < -0.4 is 11.5 Å². The van der Waals surface area contributed by atoms with Gasteiger partial charge in [-0.25, -0.2) is 33.7 Å². The predicted molar refractivity (Wildman–Crippen MR) is 154 cm³/mol. The summed E-state index contributed by atoms with van der Waals surface area (Å²) < 4.78 is 76.7. The lowest BCUT2D eigenvalue weighted by Gasteiger charge is -2.29. The average molecular weight is 669 g/mol. The first-order valence-corrected chi connectivity index (χ1v) is 17.7. The van der Waals surface area contributed by atoms with E-state index in [1.165, 1.54) is 40.4 Å². The van der Waals surface area contributed by atoms with Gasteiger partial charge >= 0.3 is 6.72 Å². The Kier molecular flexibility index (Phi) is 7.50. The van der Waals surface area contributed by atoms with E-state index >= 15 is 8.78 Å². The fourth-order valence-corrected chi connectivity index (χ4v) is 8.61. The van der Waals surface area contributed by atoms with Crippen LogP contribution in [0.15, 0.2) is 31.2 Å². The molecule has 44 heavy (non-hydrogen) atoms. The van der Waals surface area contributed by atoms with Crippen molar-refractivity contribution in [3.63, 3.8) is 0 Å². The van der Waals surface area contributed by atoms with Crippen LogP contribution in [-0.4, -0.2) is 96.5 Å².